The molecule has 0 heterocycles. The van der Waals surface area contributed by atoms with Crippen molar-refractivity contribution in [3.63, 3.8) is 0 Å². The van der Waals surface area contributed by atoms with Crippen molar-refractivity contribution in [2.75, 3.05) is 13.2 Å². The van der Waals surface area contributed by atoms with Crippen LogP contribution in [-0.4, -0.2) is 37.2 Å². The van der Waals surface area contributed by atoms with Gasteiger partial charge < -0.3 is 14.2 Å². The van der Waals surface area contributed by atoms with Gasteiger partial charge in [0.15, 0.2) is 6.10 Å². The van der Waals surface area contributed by atoms with Gasteiger partial charge in [0.25, 0.3) is 0 Å². The van der Waals surface area contributed by atoms with Gasteiger partial charge in [-0.25, -0.2) is 0 Å². The van der Waals surface area contributed by atoms with E-state index in [0.717, 1.165) is 96.3 Å². The van der Waals surface area contributed by atoms with Crippen LogP contribution in [0, 0.1) is 0 Å². The minimum absolute atomic E-state index is 0.0793. The van der Waals surface area contributed by atoms with Crippen molar-refractivity contribution < 1.29 is 28.6 Å². The summed E-state index contributed by atoms with van der Waals surface area (Å²) in [5, 5.41) is 0. The molecule has 1 unspecified atom stereocenters. The summed E-state index contributed by atoms with van der Waals surface area (Å²) in [6.07, 6.45) is 62.4. The smallest absolute Gasteiger partial charge is 0.306 e. The summed E-state index contributed by atoms with van der Waals surface area (Å²) in [6, 6.07) is 0. The molecule has 63 heavy (non-hydrogen) atoms. The monoisotopic (exact) mass is 883 g/mol. The van der Waals surface area contributed by atoms with E-state index in [9.17, 15) is 14.4 Å². The van der Waals surface area contributed by atoms with Crippen LogP contribution in [0.3, 0.4) is 0 Å². The lowest BCUT2D eigenvalue weighted by molar-refractivity contribution is -0.167. The molecule has 0 aliphatic carbocycles. The molecule has 366 valence electrons. The molecule has 0 spiro atoms. The highest BCUT2D eigenvalue weighted by Crippen LogP contribution is 2.16. The Labute approximate surface area is 390 Å². The third-order valence-electron chi connectivity index (χ3n) is 11.8. The van der Waals surface area contributed by atoms with Crippen molar-refractivity contribution in [2.24, 2.45) is 0 Å². The molecule has 6 heteroatoms. The Kier molecular flexibility index (Phi) is 49.8. The Morgan fingerprint density at radius 3 is 0.968 bits per heavy atom. The molecular formula is C57H102O6. The molecule has 0 N–H and O–H groups in total. The lowest BCUT2D eigenvalue weighted by Gasteiger charge is -2.18. The molecule has 0 aromatic carbocycles. The van der Waals surface area contributed by atoms with Crippen molar-refractivity contribution in [3.05, 3.63) is 48.6 Å². The highest BCUT2D eigenvalue weighted by molar-refractivity contribution is 5.71. The van der Waals surface area contributed by atoms with E-state index in [0.29, 0.717) is 19.3 Å². The van der Waals surface area contributed by atoms with Crippen molar-refractivity contribution >= 4 is 17.9 Å². The van der Waals surface area contributed by atoms with Crippen LogP contribution < -0.4 is 0 Å². The average Bonchev–Trinajstić information content (AvgIpc) is 3.28. The number of ether oxygens (including phenoxy) is 3. The number of rotatable bonds is 49. The van der Waals surface area contributed by atoms with E-state index in [-0.39, 0.29) is 31.1 Å². The molecule has 0 fully saturated rings. The first-order valence-electron chi connectivity index (χ1n) is 27.1. The molecule has 0 saturated heterocycles. The van der Waals surface area contributed by atoms with Crippen LogP contribution in [0.2, 0.25) is 0 Å². The van der Waals surface area contributed by atoms with Crippen LogP contribution in [-0.2, 0) is 28.6 Å². The van der Waals surface area contributed by atoms with Crippen molar-refractivity contribution in [3.8, 4) is 0 Å². The normalized spacial score (nSPS) is 12.4. The first-order chi connectivity index (χ1) is 31.0. The molecule has 0 aromatic heterocycles. The quantitative estimate of drug-likeness (QED) is 0.0262. The van der Waals surface area contributed by atoms with Crippen molar-refractivity contribution in [2.45, 2.75) is 284 Å². The second-order valence-corrected chi connectivity index (χ2v) is 18.1. The Morgan fingerprint density at radius 1 is 0.333 bits per heavy atom. The summed E-state index contributed by atoms with van der Waals surface area (Å²) in [5.41, 5.74) is 0. The molecule has 0 aromatic rings. The van der Waals surface area contributed by atoms with Crippen molar-refractivity contribution in [1.29, 1.82) is 0 Å². The highest BCUT2D eigenvalue weighted by Gasteiger charge is 2.19. The number of hydrogen-bond acceptors (Lipinski definition) is 6. The largest absolute Gasteiger partial charge is 0.462 e. The third-order valence-corrected chi connectivity index (χ3v) is 11.8. The first kappa shape index (κ1) is 60.4. The fourth-order valence-corrected chi connectivity index (χ4v) is 7.79. The Hall–Kier alpha value is -2.63. The average molecular weight is 883 g/mol. The number of carbonyl (C=O) groups is 3. The van der Waals surface area contributed by atoms with E-state index in [1.807, 2.05) is 0 Å². The number of unbranched alkanes of at least 4 members (excludes halogenated alkanes) is 30. The van der Waals surface area contributed by atoms with Gasteiger partial charge in [-0.15, -0.1) is 0 Å². The van der Waals surface area contributed by atoms with Gasteiger partial charge in [-0.3, -0.25) is 14.4 Å². The minimum Gasteiger partial charge on any atom is -0.462 e. The maximum Gasteiger partial charge on any atom is 0.306 e. The lowest BCUT2D eigenvalue weighted by Crippen LogP contribution is -2.30. The van der Waals surface area contributed by atoms with Crippen LogP contribution in [0.5, 0.6) is 0 Å². The van der Waals surface area contributed by atoms with Gasteiger partial charge in [0.2, 0.25) is 0 Å². The van der Waals surface area contributed by atoms with Gasteiger partial charge >= 0.3 is 17.9 Å². The number of hydrogen-bond donors (Lipinski definition) is 0. The Balaban J connectivity index is 4.33. The Morgan fingerprint density at radius 2 is 0.619 bits per heavy atom. The predicted octanol–water partition coefficient (Wildman–Crippen LogP) is 17.9. The van der Waals surface area contributed by atoms with Crippen LogP contribution >= 0.6 is 0 Å². The molecule has 0 amide bonds. The fourth-order valence-electron chi connectivity index (χ4n) is 7.79. The van der Waals surface area contributed by atoms with Crippen molar-refractivity contribution in [1.82, 2.24) is 0 Å². The van der Waals surface area contributed by atoms with E-state index < -0.39 is 6.10 Å². The topological polar surface area (TPSA) is 78.9 Å². The minimum atomic E-state index is -0.781. The molecule has 0 aliphatic heterocycles. The molecule has 6 nitrogen and oxygen atoms in total. The van der Waals surface area contributed by atoms with Crippen LogP contribution in [0.4, 0.5) is 0 Å². The van der Waals surface area contributed by atoms with E-state index in [1.165, 1.54) is 141 Å². The second kappa shape index (κ2) is 52.0. The zero-order valence-electron chi connectivity index (χ0n) is 41.8. The van der Waals surface area contributed by atoms with Gasteiger partial charge in [0.05, 0.1) is 0 Å². The molecule has 0 bridgehead atoms. The second-order valence-electron chi connectivity index (χ2n) is 18.1. The molecular weight excluding hydrogens is 781 g/mol. The first-order valence-corrected chi connectivity index (χ1v) is 27.1. The molecule has 0 saturated carbocycles. The predicted molar refractivity (Wildman–Crippen MR) is 270 cm³/mol. The number of allylic oxidation sites excluding steroid dienone is 8. The zero-order valence-corrected chi connectivity index (χ0v) is 41.8. The highest BCUT2D eigenvalue weighted by atomic mass is 16.6. The summed E-state index contributed by atoms with van der Waals surface area (Å²) in [6.45, 7) is 6.52. The van der Waals surface area contributed by atoms with Crippen LogP contribution in [0.1, 0.15) is 278 Å². The maximum absolute atomic E-state index is 12.8. The van der Waals surface area contributed by atoms with Gasteiger partial charge in [-0.05, 0) is 57.8 Å². The van der Waals surface area contributed by atoms with E-state index >= 15 is 0 Å². The molecule has 0 radical (unpaired) electrons. The summed E-state index contributed by atoms with van der Waals surface area (Å²) in [4.78, 5) is 38.0. The zero-order chi connectivity index (χ0) is 45.8. The summed E-state index contributed by atoms with van der Waals surface area (Å²) < 4.78 is 16.8. The Bertz CT molecular complexity index is 1110. The molecule has 1 atom stereocenters. The van der Waals surface area contributed by atoms with Gasteiger partial charge in [-0.1, -0.05) is 249 Å². The third kappa shape index (κ3) is 50.2. The molecule has 0 rings (SSSR count). The standard InChI is InChI=1S/C57H102O6/c1-4-7-10-13-16-19-22-24-26-28-30-31-33-35-38-41-44-47-50-56(59)62-53-54(52-61-55(58)49-46-43-40-37-21-18-15-12-9-6-3)63-57(60)51-48-45-42-39-36-34-32-29-27-25-23-20-17-14-11-8-5-2/h8,11,17,20,25,27,32,34,54H,4-7,9-10,12-16,18-19,21-24,26,28-31,33,35-53H2,1-3H3/b11-8-,20-17-,27-25-,34-32-. The van der Waals surface area contributed by atoms with Gasteiger partial charge in [0.1, 0.15) is 13.2 Å². The summed E-state index contributed by atoms with van der Waals surface area (Å²) >= 11 is 0. The SMILES string of the molecule is CC/C=C\C/C=C\C/C=C\C/C=C\CCCCCCC(=O)OC(COC(=O)CCCCCCCCCCCC)COC(=O)CCCCCCCCCCCCCCCCCCCC. The van der Waals surface area contributed by atoms with Crippen LogP contribution in [0.25, 0.3) is 0 Å². The fraction of sp³-hybridized carbons (Fsp3) is 0.807. The van der Waals surface area contributed by atoms with Gasteiger partial charge in [-0.2, -0.15) is 0 Å². The lowest BCUT2D eigenvalue weighted by atomic mass is 10.0. The van der Waals surface area contributed by atoms with E-state index in [1.54, 1.807) is 0 Å². The van der Waals surface area contributed by atoms with Gasteiger partial charge in [0, 0.05) is 19.3 Å². The molecule has 0 aliphatic rings. The van der Waals surface area contributed by atoms with E-state index in [4.69, 9.17) is 14.2 Å². The summed E-state index contributed by atoms with van der Waals surface area (Å²) in [5.74, 6) is -0.893. The maximum atomic E-state index is 12.8. The number of esters is 3. The summed E-state index contributed by atoms with van der Waals surface area (Å²) in [7, 11) is 0. The van der Waals surface area contributed by atoms with Crippen LogP contribution in [0.15, 0.2) is 48.6 Å². The van der Waals surface area contributed by atoms with E-state index in [2.05, 4.69) is 69.4 Å². The number of carbonyl (C=O) groups excluding carboxylic acids is 3.